The molecule has 1 N–H and O–H groups in total. The van der Waals surface area contributed by atoms with Crippen LogP contribution in [0.5, 0.6) is 0 Å². The third-order valence-electron chi connectivity index (χ3n) is 7.04. The summed E-state index contributed by atoms with van der Waals surface area (Å²) in [5.41, 5.74) is 6.69. The van der Waals surface area contributed by atoms with Crippen LogP contribution in [0.2, 0.25) is 10.0 Å². The summed E-state index contributed by atoms with van der Waals surface area (Å²) in [4.78, 5) is 13.7. The topological polar surface area (TPSA) is 83.9 Å². The molecule has 2 aromatic heterocycles. The van der Waals surface area contributed by atoms with E-state index < -0.39 is 5.92 Å². The van der Waals surface area contributed by atoms with Crippen molar-refractivity contribution in [3.63, 3.8) is 0 Å². The van der Waals surface area contributed by atoms with Gasteiger partial charge in [-0.2, -0.15) is 10.4 Å². The van der Waals surface area contributed by atoms with E-state index in [2.05, 4.69) is 11.4 Å². The average molecular weight is 553 g/mol. The molecule has 0 aliphatic heterocycles. The Morgan fingerprint density at radius 3 is 2.59 bits per heavy atom. The van der Waals surface area contributed by atoms with Gasteiger partial charge in [-0.25, -0.2) is 4.68 Å². The van der Waals surface area contributed by atoms with Crippen molar-refractivity contribution in [2.75, 3.05) is 5.32 Å². The number of aromatic nitrogens is 2. The molecule has 0 unspecified atom stereocenters. The van der Waals surface area contributed by atoms with Gasteiger partial charge in [0.2, 0.25) is 0 Å². The molecule has 0 saturated carbocycles. The number of hydrogen-bond donors (Lipinski definition) is 1. The molecule has 1 aliphatic carbocycles. The Morgan fingerprint density at radius 2 is 1.85 bits per heavy atom. The Balaban J connectivity index is 1.36. The third kappa shape index (κ3) is 4.50. The van der Waals surface area contributed by atoms with E-state index in [1.807, 2.05) is 66.2 Å². The van der Waals surface area contributed by atoms with Crippen molar-refractivity contribution >= 4 is 34.8 Å². The Labute approximate surface area is 235 Å². The number of nitrogens with zero attached hydrogens (tertiary/aromatic N) is 3. The molecule has 0 spiro atoms. The summed E-state index contributed by atoms with van der Waals surface area (Å²) in [5.74, 6) is -0.0113. The maximum atomic E-state index is 13.7. The van der Waals surface area contributed by atoms with Gasteiger partial charge in [0.05, 0.1) is 29.6 Å². The van der Waals surface area contributed by atoms with Crippen LogP contribution in [0.25, 0.3) is 16.9 Å². The Bertz CT molecular complexity index is 1750. The van der Waals surface area contributed by atoms with Gasteiger partial charge in [-0.3, -0.25) is 4.79 Å². The molecule has 6 rings (SSSR count). The lowest BCUT2D eigenvalue weighted by atomic mass is 9.91. The minimum absolute atomic E-state index is 0.325. The van der Waals surface area contributed by atoms with E-state index in [-0.39, 0.29) is 5.91 Å². The van der Waals surface area contributed by atoms with Crippen LogP contribution >= 0.6 is 23.2 Å². The number of benzene rings is 3. The summed E-state index contributed by atoms with van der Waals surface area (Å²) in [6, 6.07) is 24.6. The summed E-state index contributed by atoms with van der Waals surface area (Å²) in [6.07, 6.45) is 3.00. The molecule has 0 saturated heterocycles. The summed E-state index contributed by atoms with van der Waals surface area (Å²) < 4.78 is 7.50. The van der Waals surface area contributed by atoms with Crippen LogP contribution in [-0.2, 0) is 12.8 Å². The van der Waals surface area contributed by atoms with Gasteiger partial charge in [-0.1, -0.05) is 59.6 Å². The molecule has 0 fully saturated rings. The molecule has 1 atom stereocenters. The molecular weight excluding hydrogens is 531 g/mol. The van der Waals surface area contributed by atoms with E-state index in [9.17, 15) is 10.1 Å². The predicted octanol–water partition coefficient (Wildman–Crippen LogP) is 7.75. The third-order valence-corrected chi connectivity index (χ3v) is 7.62. The van der Waals surface area contributed by atoms with Gasteiger partial charge in [0, 0.05) is 33.3 Å². The smallest absolute Gasteiger partial charge is 0.276 e. The zero-order valence-electron chi connectivity index (χ0n) is 20.9. The number of rotatable bonds is 5. The molecule has 3 aromatic carbocycles. The summed E-state index contributed by atoms with van der Waals surface area (Å²) >= 11 is 12.7. The van der Waals surface area contributed by atoms with Gasteiger partial charge in [-0.15, -0.1) is 0 Å². The number of anilines is 1. The first-order valence-electron chi connectivity index (χ1n) is 12.4. The van der Waals surface area contributed by atoms with Crippen LogP contribution in [-0.4, -0.2) is 15.7 Å². The van der Waals surface area contributed by atoms with Crippen LogP contribution in [0, 0.1) is 18.3 Å². The minimum atomic E-state index is -0.573. The first-order chi connectivity index (χ1) is 18.9. The highest BCUT2D eigenvalue weighted by molar-refractivity contribution is 6.32. The zero-order valence-corrected chi connectivity index (χ0v) is 22.4. The van der Waals surface area contributed by atoms with E-state index in [4.69, 9.17) is 32.7 Å². The molecule has 0 bridgehead atoms. The van der Waals surface area contributed by atoms with Gasteiger partial charge >= 0.3 is 0 Å². The van der Waals surface area contributed by atoms with Crippen molar-refractivity contribution in [2.24, 2.45) is 0 Å². The van der Waals surface area contributed by atoms with Crippen LogP contribution < -0.4 is 5.32 Å². The lowest BCUT2D eigenvalue weighted by Gasteiger charge is -2.16. The number of carbonyl (C=O) groups excluding carboxylic acids is 1. The molecule has 1 aliphatic rings. The first kappa shape index (κ1) is 25.0. The van der Waals surface area contributed by atoms with Gasteiger partial charge in [0.1, 0.15) is 5.76 Å². The largest absolute Gasteiger partial charge is 0.469 e. The predicted molar refractivity (Wildman–Crippen MR) is 152 cm³/mol. The summed E-state index contributed by atoms with van der Waals surface area (Å²) in [5, 5.41) is 18.7. The number of fused-ring (bicyclic) bond motifs is 3. The molecule has 6 nitrogen and oxygen atoms in total. The quantitative estimate of drug-likeness (QED) is 0.241. The van der Waals surface area contributed by atoms with Gasteiger partial charge < -0.3 is 9.73 Å². The van der Waals surface area contributed by atoms with Crippen LogP contribution in [0.3, 0.4) is 0 Å². The highest BCUT2D eigenvalue weighted by Crippen LogP contribution is 2.38. The highest BCUT2D eigenvalue weighted by atomic mass is 35.5. The fourth-order valence-corrected chi connectivity index (χ4v) is 5.50. The maximum Gasteiger partial charge on any atom is 0.276 e. The van der Waals surface area contributed by atoms with Gasteiger partial charge in [0.15, 0.2) is 5.69 Å². The number of halogens is 2. The number of nitriles is 1. The van der Waals surface area contributed by atoms with E-state index in [0.717, 1.165) is 39.4 Å². The molecule has 1 amide bonds. The standard InChI is InChI=1S/C31H22Cl2N4O2/c1-18-15-24(25(17-34)19-7-9-20(32)10-8-19)26(33)16-27(18)35-31(38)29-23-11-12-28-22(13-14-39-28)30(23)37(36-29)21-5-3-2-4-6-21/h2-10,13-16,25H,11-12H2,1H3,(H,35,38)/t25-/m1/s1. The zero-order chi connectivity index (χ0) is 27.1. The SMILES string of the molecule is Cc1cc([C@H](C#N)c2ccc(Cl)cc2)c(Cl)cc1NC(=O)c1nn(-c2ccccc2)c2c1CCc1occc1-2. The minimum Gasteiger partial charge on any atom is -0.469 e. The molecule has 5 aromatic rings. The number of hydrogen-bond acceptors (Lipinski definition) is 4. The van der Waals surface area contributed by atoms with E-state index >= 15 is 0 Å². The second kappa shape index (κ2) is 10.1. The number of aryl methyl sites for hydroxylation is 2. The van der Waals surface area contributed by atoms with Crippen LogP contribution in [0.4, 0.5) is 5.69 Å². The van der Waals surface area contributed by atoms with Crippen molar-refractivity contribution in [3.8, 4) is 23.0 Å². The van der Waals surface area contributed by atoms with Crippen molar-refractivity contribution in [3.05, 3.63) is 123 Å². The van der Waals surface area contributed by atoms with Crippen molar-refractivity contribution in [1.29, 1.82) is 5.26 Å². The fourth-order valence-electron chi connectivity index (χ4n) is 5.11. The Hall–Kier alpha value is -4.31. The Morgan fingerprint density at radius 1 is 1.08 bits per heavy atom. The maximum absolute atomic E-state index is 13.7. The van der Waals surface area contributed by atoms with Crippen LogP contribution in [0.1, 0.15) is 44.4 Å². The Kier molecular flexibility index (Phi) is 6.48. The number of carbonyl (C=O) groups is 1. The van der Waals surface area contributed by atoms with E-state index in [1.165, 1.54) is 0 Å². The molecule has 8 heteroatoms. The second-order valence-electron chi connectivity index (χ2n) is 9.44. The number of amides is 1. The second-order valence-corrected chi connectivity index (χ2v) is 10.3. The number of furan rings is 1. The van der Waals surface area contributed by atoms with E-state index in [0.29, 0.717) is 39.8 Å². The average Bonchev–Trinajstić information content (AvgIpc) is 3.58. The summed E-state index contributed by atoms with van der Waals surface area (Å²) in [6.45, 7) is 1.88. The van der Waals surface area contributed by atoms with Gasteiger partial charge in [0.25, 0.3) is 5.91 Å². The van der Waals surface area contributed by atoms with Crippen molar-refractivity contribution in [1.82, 2.24) is 9.78 Å². The normalized spacial score (nSPS) is 12.8. The molecule has 0 radical (unpaired) electrons. The summed E-state index contributed by atoms with van der Waals surface area (Å²) in [7, 11) is 0. The van der Waals surface area contributed by atoms with Crippen LogP contribution in [0.15, 0.2) is 83.5 Å². The molecule has 2 heterocycles. The first-order valence-corrected chi connectivity index (χ1v) is 13.2. The highest BCUT2D eigenvalue weighted by Gasteiger charge is 2.31. The molecular formula is C31H22Cl2N4O2. The van der Waals surface area contributed by atoms with E-state index in [1.54, 1.807) is 24.5 Å². The lowest BCUT2D eigenvalue weighted by Crippen LogP contribution is -2.16. The number of nitrogens with one attached hydrogen (secondary N) is 1. The number of para-hydroxylation sites is 1. The van der Waals surface area contributed by atoms with Crippen molar-refractivity contribution in [2.45, 2.75) is 25.7 Å². The van der Waals surface area contributed by atoms with Gasteiger partial charge in [-0.05, 0) is 66.4 Å². The lowest BCUT2D eigenvalue weighted by molar-refractivity contribution is 0.102. The van der Waals surface area contributed by atoms with Crippen molar-refractivity contribution < 1.29 is 9.21 Å². The monoisotopic (exact) mass is 552 g/mol. The molecule has 192 valence electrons. The fraction of sp³-hybridized carbons (Fsp3) is 0.129. The molecule has 39 heavy (non-hydrogen) atoms.